The number of ether oxygens (including phenoxy) is 1. The minimum atomic E-state index is -0.664. The van der Waals surface area contributed by atoms with Gasteiger partial charge < -0.3 is 14.9 Å². The smallest absolute Gasteiger partial charge is 0.155 e. The highest BCUT2D eigenvalue weighted by Crippen LogP contribution is 2.30. The van der Waals surface area contributed by atoms with Gasteiger partial charge >= 0.3 is 0 Å². The molecule has 1 aliphatic rings. The van der Waals surface area contributed by atoms with Gasteiger partial charge in [0.25, 0.3) is 0 Å². The summed E-state index contributed by atoms with van der Waals surface area (Å²) in [6.07, 6.45) is -1.16. The average molecular weight is 249 g/mol. The lowest BCUT2D eigenvalue weighted by Crippen LogP contribution is -2.24. The number of hydrogen-bond acceptors (Lipinski definition) is 5. The van der Waals surface area contributed by atoms with Crippen LogP contribution in [0.1, 0.15) is 18.2 Å². The van der Waals surface area contributed by atoms with Gasteiger partial charge in [-0.2, -0.15) is 0 Å². The van der Waals surface area contributed by atoms with E-state index in [0.29, 0.717) is 6.42 Å². The number of nitrogens with zero attached hydrogens (tertiary/aromatic N) is 3. The molecule has 1 fully saturated rings. The van der Waals surface area contributed by atoms with Gasteiger partial charge in [0.05, 0.1) is 18.2 Å². The lowest BCUT2D eigenvalue weighted by Gasteiger charge is -2.13. The molecule has 1 aromatic carbocycles. The van der Waals surface area contributed by atoms with E-state index in [1.54, 1.807) is 4.68 Å². The van der Waals surface area contributed by atoms with Gasteiger partial charge in [-0.15, -0.1) is 5.10 Å². The van der Waals surface area contributed by atoms with E-state index in [-0.39, 0.29) is 12.8 Å². The summed E-state index contributed by atoms with van der Waals surface area (Å²) < 4.78 is 7.27. The van der Waals surface area contributed by atoms with E-state index in [2.05, 4.69) is 10.3 Å². The fraction of sp³-hybridized carbons (Fsp3) is 0.500. The zero-order valence-electron chi connectivity index (χ0n) is 10.0. The van der Waals surface area contributed by atoms with Crippen molar-refractivity contribution in [3.63, 3.8) is 0 Å². The molecule has 0 radical (unpaired) electrons. The Morgan fingerprint density at radius 2 is 2.33 bits per heavy atom. The minimum Gasteiger partial charge on any atom is -0.394 e. The zero-order valence-corrected chi connectivity index (χ0v) is 10.0. The summed E-state index contributed by atoms with van der Waals surface area (Å²) in [4.78, 5) is 0. The second kappa shape index (κ2) is 4.31. The van der Waals surface area contributed by atoms with Crippen molar-refractivity contribution >= 4 is 11.0 Å². The van der Waals surface area contributed by atoms with Crippen LogP contribution < -0.4 is 0 Å². The molecule has 0 spiro atoms. The Morgan fingerprint density at radius 1 is 1.50 bits per heavy atom. The second-order valence-electron chi connectivity index (χ2n) is 4.59. The third kappa shape index (κ3) is 1.69. The maximum absolute atomic E-state index is 9.75. The Balaban J connectivity index is 2.01. The molecule has 18 heavy (non-hydrogen) atoms. The number of hydrogen-bond donors (Lipinski definition) is 2. The van der Waals surface area contributed by atoms with Gasteiger partial charge in [0.2, 0.25) is 0 Å². The third-order valence-corrected chi connectivity index (χ3v) is 3.35. The zero-order chi connectivity index (χ0) is 12.7. The SMILES string of the molecule is Cc1cccc2nnn([C@H]3C[C@H](O)[C@@H](CO)O3)c12. The predicted octanol–water partition coefficient (Wildman–Crippen LogP) is 0.380. The van der Waals surface area contributed by atoms with Crippen LogP contribution in [0.25, 0.3) is 11.0 Å². The average Bonchev–Trinajstić information content (AvgIpc) is 2.93. The van der Waals surface area contributed by atoms with Crippen LogP contribution in [0.4, 0.5) is 0 Å². The predicted molar refractivity (Wildman–Crippen MR) is 63.9 cm³/mol. The number of aromatic nitrogens is 3. The number of aryl methyl sites for hydroxylation is 1. The normalized spacial score (nSPS) is 28.1. The molecule has 2 heterocycles. The molecule has 0 bridgehead atoms. The van der Waals surface area contributed by atoms with Gasteiger partial charge in [0.15, 0.2) is 6.23 Å². The fourth-order valence-corrected chi connectivity index (χ4v) is 2.39. The summed E-state index contributed by atoms with van der Waals surface area (Å²) in [5.74, 6) is 0. The summed E-state index contributed by atoms with van der Waals surface area (Å²) in [5, 5.41) is 27.0. The molecule has 1 aliphatic heterocycles. The number of rotatable bonds is 2. The van der Waals surface area contributed by atoms with E-state index >= 15 is 0 Å². The molecule has 6 heteroatoms. The van der Waals surface area contributed by atoms with Crippen molar-refractivity contribution in [2.45, 2.75) is 31.8 Å². The maximum atomic E-state index is 9.75. The van der Waals surface area contributed by atoms with Crippen LogP contribution in [0.15, 0.2) is 18.2 Å². The number of aliphatic hydroxyl groups is 2. The minimum absolute atomic E-state index is 0.191. The van der Waals surface area contributed by atoms with Crippen molar-refractivity contribution in [2.75, 3.05) is 6.61 Å². The Kier molecular flexibility index (Phi) is 2.77. The van der Waals surface area contributed by atoms with Crippen LogP contribution >= 0.6 is 0 Å². The van der Waals surface area contributed by atoms with Gasteiger partial charge in [-0.3, -0.25) is 0 Å². The van der Waals surface area contributed by atoms with Crippen molar-refractivity contribution in [3.8, 4) is 0 Å². The van der Waals surface area contributed by atoms with Crippen LogP contribution in [0.2, 0.25) is 0 Å². The quantitative estimate of drug-likeness (QED) is 0.804. The molecule has 0 amide bonds. The highest BCUT2D eigenvalue weighted by Gasteiger charge is 2.35. The van der Waals surface area contributed by atoms with Crippen LogP contribution in [-0.4, -0.2) is 44.0 Å². The second-order valence-corrected chi connectivity index (χ2v) is 4.59. The van der Waals surface area contributed by atoms with Gasteiger partial charge in [0, 0.05) is 6.42 Å². The first-order valence-corrected chi connectivity index (χ1v) is 5.95. The molecular formula is C12H15N3O3. The molecule has 0 saturated carbocycles. The lowest BCUT2D eigenvalue weighted by molar-refractivity contribution is -0.0474. The Labute approximate surface area is 104 Å². The van der Waals surface area contributed by atoms with Crippen LogP contribution in [0.3, 0.4) is 0 Å². The van der Waals surface area contributed by atoms with E-state index < -0.39 is 12.2 Å². The highest BCUT2D eigenvalue weighted by molar-refractivity contribution is 5.77. The molecule has 2 N–H and O–H groups in total. The number of para-hydroxylation sites is 1. The highest BCUT2D eigenvalue weighted by atomic mass is 16.5. The first kappa shape index (κ1) is 11.6. The van der Waals surface area contributed by atoms with E-state index in [0.717, 1.165) is 16.6 Å². The molecule has 3 atom stereocenters. The van der Waals surface area contributed by atoms with Crippen molar-refractivity contribution in [1.82, 2.24) is 15.0 Å². The number of benzene rings is 1. The van der Waals surface area contributed by atoms with Crippen LogP contribution in [-0.2, 0) is 4.74 Å². The molecule has 3 rings (SSSR count). The lowest BCUT2D eigenvalue weighted by atomic mass is 10.2. The van der Waals surface area contributed by atoms with E-state index in [4.69, 9.17) is 9.84 Å². The molecule has 2 aromatic rings. The summed E-state index contributed by atoms with van der Waals surface area (Å²) in [6.45, 7) is 1.79. The Hall–Kier alpha value is -1.50. The van der Waals surface area contributed by atoms with E-state index in [9.17, 15) is 5.11 Å². The Morgan fingerprint density at radius 3 is 3.06 bits per heavy atom. The van der Waals surface area contributed by atoms with Crippen molar-refractivity contribution < 1.29 is 14.9 Å². The van der Waals surface area contributed by atoms with E-state index in [1.165, 1.54) is 0 Å². The van der Waals surface area contributed by atoms with Crippen molar-refractivity contribution in [2.24, 2.45) is 0 Å². The third-order valence-electron chi connectivity index (χ3n) is 3.35. The number of fused-ring (bicyclic) bond motifs is 1. The molecule has 1 aromatic heterocycles. The van der Waals surface area contributed by atoms with Crippen LogP contribution in [0, 0.1) is 6.92 Å². The summed E-state index contributed by atoms with van der Waals surface area (Å²) in [7, 11) is 0. The summed E-state index contributed by atoms with van der Waals surface area (Å²) >= 11 is 0. The molecule has 0 aliphatic carbocycles. The molecule has 6 nitrogen and oxygen atoms in total. The standard InChI is InChI=1S/C12H15N3O3/c1-7-3-2-4-8-12(7)15(14-13-8)11-5-9(17)10(6-16)18-11/h2-4,9-11,16-17H,5-6H2,1H3/t9-,10+,11+/m0/s1. The first-order valence-electron chi connectivity index (χ1n) is 5.95. The molecular weight excluding hydrogens is 234 g/mol. The number of aliphatic hydroxyl groups excluding tert-OH is 2. The van der Waals surface area contributed by atoms with Gasteiger partial charge in [-0.05, 0) is 18.6 Å². The largest absolute Gasteiger partial charge is 0.394 e. The first-order chi connectivity index (χ1) is 8.70. The Bertz CT molecular complexity index is 569. The molecule has 96 valence electrons. The van der Waals surface area contributed by atoms with Gasteiger partial charge in [-0.25, -0.2) is 4.68 Å². The maximum Gasteiger partial charge on any atom is 0.155 e. The van der Waals surface area contributed by atoms with Gasteiger partial charge in [-0.1, -0.05) is 17.3 Å². The molecule has 1 saturated heterocycles. The van der Waals surface area contributed by atoms with Crippen LogP contribution in [0.5, 0.6) is 0 Å². The monoisotopic (exact) mass is 249 g/mol. The fourth-order valence-electron chi connectivity index (χ4n) is 2.39. The summed E-state index contributed by atoms with van der Waals surface area (Å²) in [5.41, 5.74) is 2.77. The van der Waals surface area contributed by atoms with Gasteiger partial charge in [0.1, 0.15) is 11.6 Å². The topological polar surface area (TPSA) is 80.4 Å². The van der Waals surface area contributed by atoms with Crippen molar-refractivity contribution in [3.05, 3.63) is 23.8 Å². The van der Waals surface area contributed by atoms with E-state index in [1.807, 2.05) is 25.1 Å². The molecule has 0 unspecified atom stereocenters. The van der Waals surface area contributed by atoms with Crippen molar-refractivity contribution in [1.29, 1.82) is 0 Å². The summed E-state index contributed by atoms with van der Waals surface area (Å²) in [6, 6.07) is 5.80.